The Morgan fingerprint density at radius 3 is 1.43 bits per heavy atom. The van der Waals surface area contributed by atoms with Gasteiger partial charge in [-0.25, -0.2) is 4.21 Å². The number of carboxylic acids is 2. The van der Waals surface area contributed by atoms with E-state index in [2.05, 4.69) is 0 Å². The van der Waals surface area contributed by atoms with Crippen LogP contribution >= 0.6 is 0 Å². The first-order valence-electron chi connectivity index (χ1n) is 5.55. The molecule has 0 N–H and O–H groups in total. The molecule has 5 nitrogen and oxygen atoms in total. The molecular formula is C14H8CuO5S. The minimum absolute atomic E-state index is 0. The van der Waals surface area contributed by atoms with Crippen LogP contribution in [0.3, 0.4) is 0 Å². The van der Waals surface area contributed by atoms with Crippen molar-refractivity contribution in [1.82, 2.24) is 0 Å². The van der Waals surface area contributed by atoms with Crippen molar-refractivity contribution in [2.75, 3.05) is 0 Å². The summed E-state index contributed by atoms with van der Waals surface area (Å²) in [6, 6.07) is 11.2. The summed E-state index contributed by atoms with van der Waals surface area (Å²) in [7, 11) is -1.95. The third-order valence-electron chi connectivity index (χ3n) is 2.61. The Balaban J connectivity index is 0.00000220. The third kappa shape index (κ3) is 3.58. The summed E-state index contributed by atoms with van der Waals surface area (Å²) in [4.78, 5) is 22.0. The maximum atomic E-state index is 12.4. The van der Waals surface area contributed by atoms with Crippen LogP contribution in [0.5, 0.6) is 0 Å². The van der Waals surface area contributed by atoms with Crippen LogP contribution in [0.4, 0.5) is 0 Å². The minimum Gasteiger partial charge on any atom is -0.545 e. The summed E-state index contributed by atoms with van der Waals surface area (Å²) in [6.07, 6.45) is 0. The molecule has 7 heteroatoms. The molecule has 0 bridgehead atoms. The normalized spacial score (nSPS) is 9.95. The van der Waals surface area contributed by atoms with E-state index < -0.39 is 22.7 Å². The second-order valence-corrected chi connectivity index (χ2v) is 5.25. The molecule has 0 saturated heterocycles. The van der Waals surface area contributed by atoms with Crippen LogP contribution < -0.4 is 10.2 Å². The van der Waals surface area contributed by atoms with Gasteiger partial charge in [-0.3, -0.25) is 0 Å². The number of carboxylic acid groups (broad SMARTS) is 2. The Hall–Kier alpha value is -1.95. The van der Waals surface area contributed by atoms with Gasteiger partial charge in [-0.1, -0.05) is 36.4 Å². The summed E-state index contributed by atoms with van der Waals surface area (Å²) >= 11 is 0. The van der Waals surface area contributed by atoms with Crippen LogP contribution in [-0.2, 0) is 27.9 Å². The fraction of sp³-hybridized carbons (Fsp3) is 0. The topological polar surface area (TPSA) is 97.3 Å². The Labute approximate surface area is 133 Å². The van der Waals surface area contributed by atoms with E-state index in [1.807, 2.05) is 0 Å². The maximum absolute atomic E-state index is 12.4. The van der Waals surface area contributed by atoms with Gasteiger partial charge in [0, 0.05) is 11.1 Å². The second-order valence-electron chi connectivity index (χ2n) is 3.84. The second kappa shape index (κ2) is 7.17. The predicted octanol–water partition coefficient (Wildman–Crippen LogP) is -0.422. The first-order chi connectivity index (χ1) is 9.52. The molecule has 0 heterocycles. The number of carbonyl (C=O) groups is 2. The van der Waals surface area contributed by atoms with Crippen LogP contribution in [0.2, 0.25) is 0 Å². The van der Waals surface area contributed by atoms with Crippen LogP contribution in [0, 0.1) is 0 Å². The van der Waals surface area contributed by atoms with Crippen LogP contribution in [0.15, 0.2) is 58.3 Å². The minimum atomic E-state index is -1.95. The summed E-state index contributed by atoms with van der Waals surface area (Å²) < 4.78 is 12.4. The van der Waals surface area contributed by atoms with Gasteiger partial charge in [-0.05, 0) is 12.1 Å². The van der Waals surface area contributed by atoms with Crippen molar-refractivity contribution in [2.24, 2.45) is 0 Å². The SMILES string of the molecule is O=C([O-])c1ccccc1S(=O)c1ccccc1C(=O)[O-].[Cu+2]. The fourth-order valence-electron chi connectivity index (χ4n) is 1.71. The van der Waals surface area contributed by atoms with Gasteiger partial charge in [0.1, 0.15) is 0 Å². The molecule has 2 aromatic rings. The molecule has 0 unspecified atom stereocenters. The van der Waals surface area contributed by atoms with Crippen LogP contribution in [-0.4, -0.2) is 16.1 Å². The molecule has 0 fully saturated rings. The molecule has 0 aliphatic rings. The third-order valence-corrected chi connectivity index (χ3v) is 4.12. The molecule has 2 rings (SSSR count). The van der Waals surface area contributed by atoms with E-state index in [-0.39, 0.29) is 38.0 Å². The molecule has 0 aromatic heterocycles. The van der Waals surface area contributed by atoms with Gasteiger partial charge in [0.25, 0.3) is 0 Å². The Morgan fingerprint density at radius 2 is 1.10 bits per heavy atom. The summed E-state index contributed by atoms with van der Waals surface area (Å²) in [5, 5.41) is 22.0. The average Bonchev–Trinajstić information content (AvgIpc) is 2.46. The molecule has 0 atom stereocenters. The largest absolute Gasteiger partial charge is 2.00 e. The zero-order chi connectivity index (χ0) is 14.7. The van der Waals surface area contributed by atoms with Gasteiger partial charge in [-0.2, -0.15) is 0 Å². The van der Waals surface area contributed by atoms with Crippen molar-refractivity contribution in [3.8, 4) is 0 Å². The number of aromatic carboxylic acids is 2. The Morgan fingerprint density at radius 1 is 0.762 bits per heavy atom. The molecule has 0 spiro atoms. The van der Waals surface area contributed by atoms with Crippen molar-refractivity contribution in [1.29, 1.82) is 0 Å². The van der Waals surface area contributed by atoms with Crippen molar-refractivity contribution < 1.29 is 41.1 Å². The van der Waals surface area contributed by atoms with E-state index in [0.717, 1.165) is 0 Å². The van der Waals surface area contributed by atoms with Gasteiger partial charge in [-0.15, -0.1) is 0 Å². The van der Waals surface area contributed by atoms with Gasteiger partial charge < -0.3 is 19.8 Å². The van der Waals surface area contributed by atoms with E-state index in [1.165, 1.54) is 48.5 Å². The van der Waals surface area contributed by atoms with E-state index >= 15 is 0 Å². The maximum Gasteiger partial charge on any atom is 2.00 e. The predicted molar refractivity (Wildman–Crippen MR) is 66.2 cm³/mol. The molecule has 0 aliphatic heterocycles. The molecular weight excluding hydrogens is 344 g/mol. The first-order valence-corrected chi connectivity index (χ1v) is 6.70. The molecule has 0 aliphatic carbocycles. The average molecular weight is 352 g/mol. The number of rotatable bonds is 4. The quantitative estimate of drug-likeness (QED) is 0.697. The van der Waals surface area contributed by atoms with Gasteiger partial charge in [0.2, 0.25) is 0 Å². The van der Waals surface area contributed by atoms with Crippen molar-refractivity contribution in [2.45, 2.75) is 9.79 Å². The van der Waals surface area contributed by atoms with E-state index in [0.29, 0.717) is 0 Å². The van der Waals surface area contributed by atoms with E-state index in [9.17, 15) is 24.0 Å². The van der Waals surface area contributed by atoms with Gasteiger partial charge >= 0.3 is 17.1 Å². The number of carbonyl (C=O) groups excluding carboxylic acids is 2. The monoisotopic (exact) mass is 351 g/mol. The van der Waals surface area contributed by atoms with Crippen molar-refractivity contribution >= 4 is 22.7 Å². The summed E-state index contributed by atoms with van der Waals surface area (Å²) in [5.41, 5.74) is -0.474. The van der Waals surface area contributed by atoms with Crippen LogP contribution in [0.25, 0.3) is 0 Å². The molecule has 0 amide bonds. The standard InChI is InChI=1S/C14H10O5S.Cu/c15-13(16)9-5-1-3-7-11(9)20(19)12-8-4-2-6-10(12)14(17)18;/h1-8H,(H,15,16)(H,17,18);/q;+2/p-2. The number of hydrogen-bond donors (Lipinski definition) is 0. The zero-order valence-corrected chi connectivity index (χ0v) is 12.1. The van der Waals surface area contributed by atoms with E-state index in [1.54, 1.807) is 0 Å². The summed E-state index contributed by atoms with van der Waals surface area (Å²) in [5.74, 6) is -2.94. The molecule has 1 radical (unpaired) electrons. The van der Waals surface area contributed by atoms with Crippen LogP contribution in [0.1, 0.15) is 20.7 Å². The Kier molecular flexibility index (Phi) is 5.84. The smallest absolute Gasteiger partial charge is 0.545 e. The zero-order valence-electron chi connectivity index (χ0n) is 10.4. The molecule has 21 heavy (non-hydrogen) atoms. The van der Waals surface area contributed by atoms with Crippen molar-refractivity contribution in [3.63, 3.8) is 0 Å². The molecule has 111 valence electrons. The molecule has 2 aromatic carbocycles. The van der Waals surface area contributed by atoms with Gasteiger partial charge in [0.15, 0.2) is 0 Å². The van der Waals surface area contributed by atoms with Crippen molar-refractivity contribution in [3.05, 3.63) is 59.7 Å². The van der Waals surface area contributed by atoms with E-state index in [4.69, 9.17) is 0 Å². The first kappa shape index (κ1) is 17.1. The fourth-order valence-corrected chi connectivity index (χ4v) is 3.06. The number of hydrogen-bond acceptors (Lipinski definition) is 5. The Bertz CT molecular complexity index is 655. The number of benzene rings is 2. The molecule has 0 saturated carbocycles. The van der Waals surface area contributed by atoms with Gasteiger partial charge in [0.05, 0.1) is 32.5 Å². The summed E-state index contributed by atoms with van der Waals surface area (Å²) in [6.45, 7) is 0.